The van der Waals surface area contributed by atoms with Crippen LogP contribution in [-0.4, -0.2) is 24.4 Å². The van der Waals surface area contributed by atoms with Gasteiger partial charge in [-0.05, 0) is 31.0 Å². The number of nitrogens with zero attached hydrogens (tertiary/aromatic N) is 1. The number of aliphatic hydroxyl groups is 1. The number of ether oxygens (including phenoxy) is 1. The van der Waals surface area contributed by atoms with E-state index in [9.17, 15) is 5.11 Å². The fraction of sp³-hybridized carbons (Fsp3) is 0.500. The minimum atomic E-state index is -0.714. The minimum absolute atomic E-state index is 0.0288. The van der Waals surface area contributed by atoms with Gasteiger partial charge >= 0.3 is 0 Å². The molecule has 1 aromatic carbocycles. The summed E-state index contributed by atoms with van der Waals surface area (Å²) < 4.78 is 5.63. The van der Waals surface area contributed by atoms with Crippen molar-refractivity contribution >= 4 is 0 Å². The SMILES string of the molecule is CC1CC(CO)C(N)(c2cccc(C#N)c2)CO1. The van der Waals surface area contributed by atoms with Crippen molar-refractivity contribution in [3.63, 3.8) is 0 Å². The topological polar surface area (TPSA) is 79.3 Å². The Hall–Kier alpha value is -1.41. The van der Waals surface area contributed by atoms with Gasteiger partial charge in [-0.15, -0.1) is 0 Å². The van der Waals surface area contributed by atoms with Crippen LogP contribution in [0, 0.1) is 17.2 Å². The Morgan fingerprint density at radius 2 is 2.39 bits per heavy atom. The molecular formula is C14H18N2O2. The summed E-state index contributed by atoms with van der Waals surface area (Å²) >= 11 is 0. The molecule has 3 atom stereocenters. The van der Waals surface area contributed by atoms with Gasteiger partial charge in [0.25, 0.3) is 0 Å². The van der Waals surface area contributed by atoms with E-state index >= 15 is 0 Å². The fourth-order valence-electron chi connectivity index (χ4n) is 2.51. The van der Waals surface area contributed by atoms with Gasteiger partial charge in [0.1, 0.15) is 0 Å². The first-order chi connectivity index (χ1) is 8.60. The van der Waals surface area contributed by atoms with Crippen LogP contribution in [-0.2, 0) is 10.3 Å². The van der Waals surface area contributed by atoms with Gasteiger partial charge in [0.2, 0.25) is 0 Å². The fourth-order valence-corrected chi connectivity index (χ4v) is 2.51. The third kappa shape index (κ3) is 2.25. The summed E-state index contributed by atoms with van der Waals surface area (Å²) in [5.74, 6) is -0.0461. The van der Waals surface area contributed by atoms with Crippen LogP contribution >= 0.6 is 0 Å². The van der Waals surface area contributed by atoms with Crippen molar-refractivity contribution in [3.05, 3.63) is 35.4 Å². The van der Waals surface area contributed by atoms with Crippen LogP contribution in [0.4, 0.5) is 0 Å². The van der Waals surface area contributed by atoms with Crippen LogP contribution in [0.15, 0.2) is 24.3 Å². The molecule has 2 rings (SSSR count). The van der Waals surface area contributed by atoms with Crippen molar-refractivity contribution in [2.75, 3.05) is 13.2 Å². The molecule has 1 aliphatic rings. The van der Waals surface area contributed by atoms with Gasteiger partial charge in [-0.1, -0.05) is 12.1 Å². The number of benzene rings is 1. The Labute approximate surface area is 107 Å². The molecule has 0 aromatic heterocycles. The lowest BCUT2D eigenvalue weighted by molar-refractivity contribution is -0.0669. The molecule has 0 amide bonds. The van der Waals surface area contributed by atoms with Crippen LogP contribution < -0.4 is 5.73 Å². The Morgan fingerprint density at radius 1 is 1.61 bits per heavy atom. The van der Waals surface area contributed by atoms with Crippen molar-refractivity contribution < 1.29 is 9.84 Å². The van der Waals surface area contributed by atoms with Crippen LogP contribution in [0.5, 0.6) is 0 Å². The summed E-state index contributed by atoms with van der Waals surface area (Å²) in [5, 5.41) is 18.5. The summed E-state index contributed by atoms with van der Waals surface area (Å²) in [4.78, 5) is 0. The molecule has 1 saturated heterocycles. The van der Waals surface area contributed by atoms with E-state index in [1.54, 1.807) is 12.1 Å². The maximum atomic E-state index is 9.53. The Balaban J connectivity index is 2.36. The average Bonchev–Trinajstić information content (AvgIpc) is 2.41. The summed E-state index contributed by atoms with van der Waals surface area (Å²) in [6, 6.07) is 9.34. The highest BCUT2D eigenvalue weighted by Crippen LogP contribution is 2.35. The molecule has 3 N–H and O–H groups in total. The maximum absolute atomic E-state index is 9.53. The highest BCUT2D eigenvalue weighted by molar-refractivity contribution is 5.37. The third-order valence-electron chi connectivity index (χ3n) is 3.70. The number of nitriles is 1. The molecule has 96 valence electrons. The van der Waals surface area contributed by atoms with Crippen LogP contribution in [0.25, 0.3) is 0 Å². The summed E-state index contributed by atoms with van der Waals surface area (Å²) in [5.41, 5.74) is 7.14. The largest absolute Gasteiger partial charge is 0.396 e. The zero-order valence-electron chi connectivity index (χ0n) is 10.5. The standard InChI is InChI=1S/C14H18N2O2/c1-10-5-13(8-17)14(16,9-18-10)12-4-2-3-11(6-12)7-15/h2-4,6,10,13,17H,5,8-9,16H2,1H3. The minimum Gasteiger partial charge on any atom is -0.396 e. The molecule has 1 aromatic rings. The first-order valence-electron chi connectivity index (χ1n) is 6.12. The van der Waals surface area contributed by atoms with E-state index in [1.807, 2.05) is 19.1 Å². The van der Waals surface area contributed by atoms with Crippen molar-refractivity contribution in [1.82, 2.24) is 0 Å². The zero-order valence-corrected chi connectivity index (χ0v) is 10.5. The summed E-state index contributed by atoms with van der Waals surface area (Å²) in [6.07, 6.45) is 0.835. The number of nitrogens with two attached hydrogens (primary N) is 1. The van der Waals surface area contributed by atoms with Crippen LogP contribution in [0.3, 0.4) is 0 Å². The number of hydrogen-bond donors (Lipinski definition) is 2. The molecule has 0 aliphatic carbocycles. The molecule has 18 heavy (non-hydrogen) atoms. The smallest absolute Gasteiger partial charge is 0.0991 e. The molecule has 1 aliphatic heterocycles. The second-order valence-corrected chi connectivity index (χ2v) is 4.97. The van der Waals surface area contributed by atoms with E-state index in [-0.39, 0.29) is 18.6 Å². The monoisotopic (exact) mass is 246 g/mol. The lowest BCUT2D eigenvalue weighted by Gasteiger charge is -2.43. The van der Waals surface area contributed by atoms with E-state index in [4.69, 9.17) is 15.7 Å². The van der Waals surface area contributed by atoms with E-state index in [1.165, 1.54) is 0 Å². The van der Waals surface area contributed by atoms with E-state index in [0.29, 0.717) is 12.2 Å². The molecule has 1 heterocycles. The zero-order chi connectivity index (χ0) is 13.2. The Kier molecular flexibility index (Phi) is 3.67. The van der Waals surface area contributed by atoms with Gasteiger partial charge in [-0.2, -0.15) is 5.26 Å². The molecule has 1 fully saturated rings. The number of aliphatic hydroxyl groups excluding tert-OH is 1. The average molecular weight is 246 g/mol. The quantitative estimate of drug-likeness (QED) is 0.819. The molecule has 0 spiro atoms. The van der Waals surface area contributed by atoms with Gasteiger partial charge in [-0.3, -0.25) is 0 Å². The number of rotatable bonds is 2. The van der Waals surface area contributed by atoms with Gasteiger partial charge in [0.05, 0.1) is 29.9 Å². The van der Waals surface area contributed by atoms with Gasteiger partial charge in [-0.25, -0.2) is 0 Å². The Bertz CT molecular complexity index is 469. The van der Waals surface area contributed by atoms with E-state index in [0.717, 1.165) is 12.0 Å². The van der Waals surface area contributed by atoms with Crippen LogP contribution in [0.2, 0.25) is 0 Å². The highest BCUT2D eigenvalue weighted by Gasteiger charge is 2.41. The first kappa shape index (κ1) is 13.0. The first-order valence-corrected chi connectivity index (χ1v) is 6.12. The molecule has 0 radical (unpaired) electrons. The third-order valence-corrected chi connectivity index (χ3v) is 3.70. The number of hydrogen-bond acceptors (Lipinski definition) is 4. The summed E-state index contributed by atoms with van der Waals surface area (Å²) in [7, 11) is 0. The second kappa shape index (κ2) is 5.07. The van der Waals surface area contributed by atoms with Crippen molar-refractivity contribution in [2.45, 2.75) is 25.0 Å². The van der Waals surface area contributed by atoms with E-state index in [2.05, 4.69) is 6.07 Å². The highest BCUT2D eigenvalue weighted by atomic mass is 16.5. The summed E-state index contributed by atoms with van der Waals surface area (Å²) in [6.45, 7) is 2.38. The van der Waals surface area contributed by atoms with E-state index < -0.39 is 5.54 Å². The van der Waals surface area contributed by atoms with Crippen LogP contribution in [0.1, 0.15) is 24.5 Å². The normalized spacial score (nSPS) is 31.9. The molecule has 0 bridgehead atoms. The molecule has 4 heteroatoms. The lowest BCUT2D eigenvalue weighted by Crippen LogP contribution is -2.54. The van der Waals surface area contributed by atoms with Crippen molar-refractivity contribution in [2.24, 2.45) is 11.7 Å². The second-order valence-electron chi connectivity index (χ2n) is 4.97. The van der Waals surface area contributed by atoms with Crippen molar-refractivity contribution in [1.29, 1.82) is 5.26 Å². The predicted molar refractivity (Wildman–Crippen MR) is 67.6 cm³/mol. The lowest BCUT2D eigenvalue weighted by atomic mass is 9.75. The molecule has 0 saturated carbocycles. The predicted octanol–water partition coefficient (Wildman–Crippen LogP) is 1.13. The van der Waals surface area contributed by atoms with Gasteiger partial charge < -0.3 is 15.6 Å². The van der Waals surface area contributed by atoms with Crippen molar-refractivity contribution in [3.8, 4) is 6.07 Å². The van der Waals surface area contributed by atoms with Gasteiger partial charge in [0.15, 0.2) is 0 Å². The Morgan fingerprint density at radius 3 is 3.06 bits per heavy atom. The maximum Gasteiger partial charge on any atom is 0.0991 e. The van der Waals surface area contributed by atoms with Gasteiger partial charge in [0, 0.05) is 12.5 Å². The molecule has 4 nitrogen and oxygen atoms in total. The molecular weight excluding hydrogens is 228 g/mol. The molecule has 3 unspecified atom stereocenters.